The number of benzene rings is 3. The van der Waals surface area contributed by atoms with Gasteiger partial charge in [-0.2, -0.15) is 0 Å². The van der Waals surface area contributed by atoms with Gasteiger partial charge in [-0.3, -0.25) is 4.79 Å². The molecular formula is C22H15Cl3N2O3. The van der Waals surface area contributed by atoms with Crippen LogP contribution < -0.4 is 10.1 Å². The highest BCUT2D eigenvalue weighted by Gasteiger charge is 2.19. The second-order valence-electron chi connectivity index (χ2n) is 6.61. The van der Waals surface area contributed by atoms with Crippen LogP contribution >= 0.6 is 34.8 Å². The number of carbonyl (C=O) groups excluding carboxylic acids is 1. The summed E-state index contributed by atoms with van der Waals surface area (Å²) in [6.07, 6.45) is 0. The summed E-state index contributed by atoms with van der Waals surface area (Å²) in [6.45, 7) is 1.98. The number of nitrogens with one attached hydrogen (secondary N) is 1. The van der Waals surface area contributed by atoms with Crippen LogP contribution in [0.5, 0.6) is 5.75 Å². The van der Waals surface area contributed by atoms with E-state index in [0.717, 1.165) is 11.1 Å². The van der Waals surface area contributed by atoms with Gasteiger partial charge in [-0.1, -0.05) is 40.9 Å². The lowest BCUT2D eigenvalue weighted by molar-refractivity contribution is 0.102. The second kappa shape index (κ2) is 8.19. The SMILES string of the molecule is COc1c(Cl)cc(Cl)cc1C(=O)Nc1cc(-c2nc3ccc(C)cc3o2)ccc1Cl. The van der Waals surface area contributed by atoms with Gasteiger partial charge in [0.15, 0.2) is 5.58 Å². The fourth-order valence-electron chi connectivity index (χ4n) is 3.04. The molecule has 0 saturated carbocycles. The first-order chi connectivity index (χ1) is 14.4. The second-order valence-corrected chi connectivity index (χ2v) is 7.86. The van der Waals surface area contributed by atoms with E-state index in [1.54, 1.807) is 18.2 Å². The molecule has 1 aromatic heterocycles. The van der Waals surface area contributed by atoms with Crippen molar-refractivity contribution in [3.63, 3.8) is 0 Å². The summed E-state index contributed by atoms with van der Waals surface area (Å²) in [5, 5.41) is 3.67. The van der Waals surface area contributed by atoms with Crippen molar-refractivity contribution in [1.82, 2.24) is 4.98 Å². The van der Waals surface area contributed by atoms with Gasteiger partial charge in [0.1, 0.15) is 11.3 Å². The Balaban J connectivity index is 1.69. The smallest absolute Gasteiger partial charge is 0.259 e. The van der Waals surface area contributed by atoms with Gasteiger partial charge in [-0.25, -0.2) is 4.98 Å². The largest absolute Gasteiger partial charge is 0.494 e. The molecule has 4 rings (SSSR count). The van der Waals surface area contributed by atoms with Gasteiger partial charge in [0.05, 0.1) is 28.4 Å². The quantitative estimate of drug-likeness (QED) is 0.354. The van der Waals surface area contributed by atoms with E-state index in [2.05, 4.69) is 10.3 Å². The molecule has 0 atom stereocenters. The first-order valence-electron chi connectivity index (χ1n) is 8.87. The normalized spacial score (nSPS) is 11.0. The molecule has 152 valence electrons. The summed E-state index contributed by atoms with van der Waals surface area (Å²) < 4.78 is 11.1. The molecule has 0 aliphatic carbocycles. The van der Waals surface area contributed by atoms with E-state index in [1.807, 2.05) is 25.1 Å². The number of carbonyl (C=O) groups is 1. The fraction of sp³-hybridized carbons (Fsp3) is 0.0909. The van der Waals surface area contributed by atoms with E-state index in [0.29, 0.717) is 32.8 Å². The van der Waals surface area contributed by atoms with Gasteiger partial charge in [-0.05, 0) is 55.0 Å². The van der Waals surface area contributed by atoms with Crippen molar-refractivity contribution in [1.29, 1.82) is 0 Å². The van der Waals surface area contributed by atoms with Crippen LogP contribution in [-0.4, -0.2) is 18.0 Å². The molecule has 0 unspecified atom stereocenters. The third-order valence-corrected chi connectivity index (χ3v) is 5.29. The Morgan fingerprint density at radius 2 is 1.83 bits per heavy atom. The van der Waals surface area contributed by atoms with Crippen molar-refractivity contribution in [3.05, 3.63) is 74.7 Å². The van der Waals surface area contributed by atoms with Crippen molar-refractivity contribution in [3.8, 4) is 17.2 Å². The number of hydrogen-bond donors (Lipinski definition) is 1. The molecule has 0 radical (unpaired) electrons. The molecule has 0 aliphatic rings. The van der Waals surface area contributed by atoms with Crippen LogP contribution in [0.25, 0.3) is 22.6 Å². The van der Waals surface area contributed by atoms with Crippen LogP contribution in [0.4, 0.5) is 5.69 Å². The summed E-state index contributed by atoms with van der Waals surface area (Å²) >= 11 is 18.5. The Morgan fingerprint density at radius 3 is 2.60 bits per heavy atom. The lowest BCUT2D eigenvalue weighted by atomic mass is 10.1. The average molecular weight is 462 g/mol. The Labute approximate surface area is 187 Å². The van der Waals surface area contributed by atoms with Crippen molar-refractivity contribution >= 4 is 57.5 Å². The molecule has 0 saturated heterocycles. The number of aryl methyl sites for hydroxylation is 1. The standard InChI is InChI=1S/C22H15Cl3N2O3/c1-11-3-6-17-19(7-11)30-22(27-17)12-4-5-15(24)18(8-12)26-21(28)14-9-13(23)10-16(25)20(14)29-2/h3-10H,1-2H3,(H,26,28). The Bertz CT molecular complexity index is 1280. The molecule has 0 fully saturated rings. The lowest BCUT2D eigenvalue weighted by Crippen LogP contribution is -2.14. The zero-order chi connectivity index (χ0) is 21.4. The number of amides is 1. The molecule has 1 N–H and O–H groups in total. The number of ether oxygens (including phenoxy) is 1. The van der Waals surface area contributed by atoms with Gasteiger partial charge in [0, 0.05) is 10.6 Å². The molecule has 30 heavy (non-hydrogen) atoms. The maximum atomic E-state index is 12.9. The van der Waals surface area contributed by atoms with Crippen LogP contribution in [0, 0.1) is 6.92 Å². The van der Waals surface area contributed by atoms with Gasteiger partial charge >= 0.3 is 0 Å². The summed E-state index contributed by atoms with van der Waals surface area (Å²) in [6, 6.07) is 13.9. The molecule has 1 amide bonds. The number of methoxy groups -OCH3 is 1. The molecule has 3 aromatic carbocycles. The monoisotopic (exact) mass is 460 g/mol. The highest BCUT2D eigenvalue weighted by molar-refractivity contribution is 6.37. The van der Waals surface area contributed by atoms with Crippen LogP contribution in [0.1, 0.15) is 15.9 Å². The van der Waals surface area contributed by atoms with Crippen molar-refractivity contribution < 1.29 is 13.9 Å². The highest BCUT2D eigenvalue weighted by atomic mass is 35.5. The molecule has 1 heterocycles. The van der Waals surface area contributed by atoms with E-state index in [9.17, 15) is 4.79 Å². The minimum absolute atomic E-state index is 0.189. The number of rotatable bonds is 4. The zero-order valence-corrected chi connectivity index (χ0v) is 18.2. The third kappa shape index (κ3) is 3.97. The van der Waals surface area contributed by atoms with Crippen molar-refractivity contribution in [2.45, 2.75) is 6.92 Å². The Hall–Kier alpha value is -2.73. The number of nitrogens with zero attached hydrogens (tertiary/aromatic N) is 1. The van der Waals surface area contributed by atoms with Gasteiger partial charge in [-0.15, -0.1) is 0 Å². The zero-order valence-electron chi connectivity index (χ0n) is 15.9. The van der Waals surface area contributed by atoms with Crippen LogP contribution in [0.2, 0.25) is 15.1 Å². The third-order valence-electron chi connectivity index (χ3n) is 4.46. The van der Waals surface area contributed by atoms with Crippen molar-refractivity contribution in [2.75, 3.05) is 12.4 Å². The Kier molecular flexibility index (Phi) is 5.60. The van der Waals surface area contributed by atoms with Crippen LogP contribution in [-0.2, 0) is 0 Å². The predicted octanol–water partition coefficient (Wildman–Crippen LogP) is 7.02. The molecule has 0 spiro atoms. The number of aromatic nitrogens is 1. The number of anilines is 1. The van der Waals surface area contributed by atoms with E-state index in [1.165, 1.54) is 19.2 Å². The topological polar surface area (TPSA) is 64.4 Å². The summed E-state index contributed by atoms with van der Waals surface area (Å²) in [7, 11) is 1.43. The van der Waals surface area contributed by atoms with E-state index < -0.39 is 5.91 Å². The minimum atomic E-state index is -0.469. The number of hydrogen-bond acceptors (Lipinski definition) is 4. The van der Waals surface area contributed by atoms with Crippen LogP contribution in [0.3, 0.4) is 0 Å². The first kappa shape index (κ1) is 20.5. The number of halogens is 3. The highest BCUT2D eigenvalue weighted by Crippen LogP contribution is 2.34. The number of fused-ring (bicyclic) bond motifs is 1. The van der Waals surface area contributed by atoms with E-state index in [-0.39, 0.29) is 16.3 Å². The van der Waals surface area contributed by atoms with Gasteiger partial charge in [0.25, 0.3) is 5.91 Å². The minimum Gasteiger partial charge on any atom is -0.494 e. The van der Waals surface area contributed by atoms with Crippen molar-refractivity contribution in [2.24, 2.45) is 0 Å². The average Bonchev–Trinajstić information content (AvgIpc) is 3.12. The molecule has 8 heteroatoms. The van der Waals surface area contributed by atoms with Gasteiger partial charge in [0.2, 0.25) is 5.89 Å². The fourth-order valence-corrected chi connectivity index (χ4v) is 3.77. The summed E-state index contributed by atoms with van der Waals surface area (Å²) in [5.74, 6) is 0.176. The molecule has 5 nitrogen and oxygen atoms in total. The van der Waals surface area contributed by atoms with E-state index in [4.69, 9.17) is 44.0 Å². The molecular weight excluding hydrogens is 447 g/mol. The maximum Gasteiger partial charge on any atom is 0.259 e. The summed E-state index contributed by atoms with van der Waals surface area (Å²) in [4.78, 5) is 17.4. The van der Waals surface area contributed by atoms with Gasteiger partial charge < -0.3 is 14.5 Å². The maximum absolute atomic E-state index is 12.9. The Morgan fingerprint density at radius 1 is 1.03 bits per heavy atom. The predicted molar refractivity (Wildman–Crippen MR) is 120 cm³/mol. The molecule has 0 aliphatic heterocycles. The van der Waals surface area contributed by atoms with E-state index >= 15 is 0 Å². The molecule has 4 aromatic rings. The number of oxazole rings is 1. The summed E-state index contributed by atoms with van der Waals surface area (Å²) in [5.41, 5.74) is 3.74. The molecule has 0 bridgehead atoms. The first-order valence-corrected chi connectivity index (χ1v) is 10.0. The van der Waals surface area contributed by atoms with Crippen LogP contribution in [0.15, 0.2) is 52.9 Å². The lowest BCUT2D eigenvalue weighted by Gasteiger charge is -2.12.